The van der Waals surface area contributed by atoms with Gasteiger partial charge in [-0.25, -0.2) is 21.1 Å². The molecule has 32 heavy (non-hydrogen) atoms. The van der Waals surface area contributed by atoms with E-state index < -0.39 is 32.5 Å². The highest BCUT2D eigenvalue weighted by molar-refractivity contribution is 7.93. The lowest BCUT2D eigenvalue weighted by Gasteiger charge is -2.33. The Balaban J connectivity index is 1.83. The van der Waals surface area contributed by atoms with E-state index in [9.17, 15) is 21.6 Å². The summed E-state index contributed by atoms with van der Waals surface area (Å²) >= 11 is 0. The molecule has 0 spiro atoms. The monoisotopic (exact) mass is 478 g/mol. The minimum Gasteiger partial charge on any atom is -0.370 e. The predicted octanol–water partition coefficient (Wildman–Crippen LogP) is 2.07. The van der Waals surface area contributed by atoms with Crippen molar-refractivity contribution in [2.75, 3.05) is 48.3 Å². The molecular weight excluding hydrogens is 452 g/mol. The fourth-order valence-electron chi connectivity index (χ4n) is 4.02. The van der Waals surface area contributed by atoms with Gasteiger partial charge in [0.2, 0.25) is 15.9 Å². The zero-order chi connectivity index (χ0) is 23.1. The molecule has 0 atom stereocenters. The average Bonchev–Trinajstić information content (AvgIpc) is 2.87. The predicted molar refractivity (Wildman–Crippen MR) is 123 cm³/mol. The molecule has 1 saturated heterocycles. The quantitative estimate of drug-likeness (QED) is 0.721. The van der Waals surface area contributed by atoms with E-state index in [1.807, 2.05) is 12.1 Å². The molecular formula is C21H26N4O5S2. The van der Waals surface area contributed by atoms with Crippen molar-refractivity contribution in [2.45, 2.75) is 29.1 Å². The molecule has 0 unspecified atom stereocenters. The third-order valence-corrected chi connectivity index (χ3v) is 9.34. The molecule has 2 aromatic carbocycles. The van der Waals surface area contributed by atoms with Crippen LogP contribution in [0.4, 0.5) is 17.1 Å². The maximum absolute atomic E-state index is 13.7. The lowest BCUT2D eigenvalue weighted by molar-refractivity contribution is -0.114. The Labute approximate surface area is 188 Å². The van der Waals surface area contributed by atoms with Gasteiger partial charge in [-0.05, 0) is 49.6 Å². The van der Waals surface area contributed by atoms with Crippen molar-refractivity contribution in [1.29, 1.82) is 0 Å². The number of nitrogens with one attached hydrogen (secondary N) is 1. The lowest BCUT2D eigenvalue weighted by atomic mass is 10.1. The standard InChI is InChI=1S/C21H26N4O5S2/c1-23(2)31(27,28)16-10-11-20-17(14-16)22-21(26)15-25(32(20,29)30)19-9-5-4-8-18(19)24-12-6-3-7-13-24/h4-5,8-11,14H,3,6-7,12-13,15H2,1-2H3,(H,22,26). The first kappa shape index (κ1) is 22.6. The smallest absolute Gasteiger partial charge is 0.266 e. The molecule has 1 N–H and O–H groups in total. The van der Waals surface area contributed by atoms with Crippen LogP contribution in [0.2, 0.25) is 0 Å². The SMILES string of the molecule is CN(C)S(=O)(=O)c1ccc2c(c1)NC(=O)CN(c1ccccc1N1CCCCC1)S2(=O)=O. The van der Waals surface area contributed by atoms with E-state index in [4.69, 9.17) is 0 Å². The number of para-hydroxylation sites is 2. The van der Waals surface area contributed by atoms with Gasteiger partial charge in [-0.3, -0.25) is 9.10 Å². The fraction of sp³-hybridized carbons (Fsp3) is 0.381. The number of amides is 1. The van der Waals surface area contributed by atoms with Gasteiger partial charge in [-0.2, -0.15) is 0 Å². The first-order valence-electron chi connectivity index (χ1n) is 10.4. The third-order valence-electron chi connectivity index (χ3n) is 5.71. The van der Waals surface area contributed by atoms with Crippen molar-refractivity contribution < 1.29 is 21.6 Å². The molecule has 1 amide bonds. The zero-order valence-corrected chi connectivity index (χ0v) is 19.6. The summed E-state index contributed by atoms with van der Waals surface area (Å²) in [5, 5.41) is 2.57. The minimum absolute atomic E-state index is 0.0455. The highest BCUT2D eigenvalue weighted by Crippen LogP contribution is 2.38. The normalized spacial score (nSPS) is 18.8. The van der Waals surface area contributed by atoms with Gasteiger partial charge in [0, 0.05) is 27.2 Å². The molecule has 0 aliphatic carbocycles. The van der Waals surface area contributed by atoms with Crippen LogP contribution in [0.1, 0.15) is 19.3 Å². The van der Waals surface area contributed by atoms with Crippen LogP contribution in [0, 0.1) is 0 Å². The van der Waals surface area contributed by atoms with E-state index in [2.05, 4.69) is 10.2 Å². The number of hydrogen-bond acceptors (Lipinski definition) is 6. The van der Waals surface area contributed by atoms with E-state index in [1.54, 1.807) is 12.1 Å². The van der Waals surface area contributed by atoms with Crippen molar-refractivity contribution in [2.24, 2.45) is 0 Å². The van der Waals surface area contributed by atoms with Crippen molar-refractivity contribution in [3.63, 3.8) is 0 Å². The van der Waals surface area contributed by atoms with Crippen molar-refractivity contribution in [3.05, 3.63) is 42.5 Å². The van der Waals surface area contributed by atoms with Gasteiger partial charge in [0.15, 0.2) is 0 Å². The Hall–Kier alpha value is -2.63. The van der Waals surface area contributed by atoms with Crippen molar-refractivity contribution in [3.8, 4) is 0 Å². The number of sulfonamides is 2. The second-order valence-corrected chi connectivity index (χ2v) is 12.0. The second kappa shape index (κ2) is 8.38. The summed E-state index contributed by atoms with van der Waals surface area (Å²) in [5.41, 5.74) is 1.15. The highest BCUT2D eigenvalue weighted by Gasteiger charge is 2.36. The molecule has 11 heteroatoms. The van der Waals surface area contributed by atoms with Crippen LogP contribution < -0.4 is 14.5 Å². The molecule has 172 valence electrons. The Morgan fingerprint density at radius 3 is 2.28 bits per heavy atom. The first-order valence-corrected chi connectivity index (χ1v) is 13.2. The topological polar surface area (TPSA) is 107 Å². The fourth-order valence-corrected chi connectivity index (χ4v) is 6.51. The zero-order valence-electron chi connectivity index (χ0n) is 18.0. The van der Waals surface area contributed by atoms with Crippen LogP contribution in [0.15, 0.2) is 52.3 Å². The van der Waals surface area contributed by atoms with E-state index >= 15 is 0 Å². The number of fused-ring (bicyclic) bond motifs is 1. The molecule has 2 aliphatic heterocycles. The van der Waals surface area contributed by atoms with Crippen LogP contribution in [0.5, 0.6) is 0 Å². The Morgan fingerprint density at radius 1 is 0.969 bits per heavy atom. The number of anilines is 3. The maximum atomic E-state index is 13.7. The van der Waals surface area contributed by atoms with Gasteiger partial charge in [-0.15, -0.1) is 0 Å². The number of nitrogens with zero attached hydrogens (tertiary/aromatic N) is 3. The Morgan fingerprint density at radius 2 is 1.62 bits per heavy atom. The number of carbonyl (C=O) groups is 1. The third kappa shape index (κ3) is 3.96. The summed E-state index contributed by atoms with van der Waals surface area (Å²) < 4.78 is 54.5. The van der Waals surface area contributed by atoms with Crippen LogP contribution in [0.25, 0.3) is 0 Å². The van der Waals surface area contributed by atoms with Gasteiger partial charge >= 0.3 is 0 Å². The second-order valence-electron chi connectivity index (χ2n) is 8.04. The number of carbonyl (C=O) groups excluding carboxylic acids is 1. The Bertz CT molecular complexity index is 1250. The summed E-state index contributed by atoms with van der Waals surface area (Å²) in [7, 11) is -5.16. The average molecular weight is 479 g/mol. The molecule has 2 aliphatic rings. The Kier molecular flexibility index (Phi) is 5.91. The largest absolute Gasteiger partial charge is 0.370 e. The summed E-state index contributed by atoms with van der Waals surface area (Å²) in [6, 6.07) is 10.8. The number of piperidine rings is 1. The van der Waals surface area contributed by atoms with Crippen LogP contribution >= 0.6 is 0 Å². The van der Waals surface area contributed by atoms with Gasteiger partial charge in [0.1, 0.15) is 11.4 Å². The van der Waals surface area contributed by atoms with Gasteiger partial charge in [0.25, 0.3) is 10.0 Å². The van der Waals surface area contributed by atoms with Gasteiger partial charge < -0.3 is 10.2 Å². The molecule has 0 saturated carbocycles. The molecule has 0 bridgehead atoms. The molecule has 2 heterocycles. The number of benzene rings is 2. The van der Waals surface area contributed by atoms with E-state index in [-0.39, 0.29) is 15.5 Å². The van der Waals surface area contributed by atoms with Crippen molar-refractivity contribution >= 4 is 43.0 Å². The van der Waals surface area contributed by atoms with Gasteiger partial charge in [0.05, 0.1) is 22.0 Å². The summed E-state index contributed by atoms with van der Waals surface area (Å²) in [5.74, 6) is -0.542. The molecule has 4 rings (SSSR count). The number of hydrogen-bond donors (Lipinski definition) is 1. The summed E-state index contributed by atoms with van der Waals surface area (Å²) in [6.07, 6.45) is 3.18. The lowest BCUT2D eigenvalue weighted by Crippen LogP contribution is -2.37. The van der Waals surface area contributed by atoms with Gasteiger partial charge in [-0.1, -0.05) is 12.1 Å². The van der Waals surface area contributed by atoms with Crippen LogP contribution in [-0.4, -0.2) is 60.8 Å². The highest BCUT2D eigenvalue weighted by atomic mass is 32.2. The number of rotatable bonds is 4. The van der Waals surface area contributed by atoms with Crippen molar-refractivity contribution in [1.82, 2.24) is 4.31 Å². The molecule has 9 nitrogen and oxygen atoms in total. The molecule has 0 radical (unpaired) electrons. The summed E-state index contributed by atoms with van der Waals surface area (Å²) in [4.78, 5) is 14.6. The maximum Gasteiger partial charge on any atom is 0.266 e. The van der Waals surface area contributed by atoms with Crippen LogP contribution in [-0.2, 0) is 24.8 Å². The minimum atomic E-state index is -4.13. The first-order chi connectivity index (χ1) is 15.1. The molecule has 0 aromatic heterocycles. The molecule has 1 fully saturated rings. The van der Waals surface area contributed by atoms with E-state index in [0.29, 0.717) is 5.69 Å². The van der Waals surface area contributed by atoms with Crippen LogP contribution in [0.3, 0.4) is 0 Å². The van der Waals surface area contributed by atoms with E-state index in [0.717, 1.165) is 46.6 Å². The molecule has 2 aromatic rings. The summed E-state index contributed by atoms with van der Waals surface area (Å²) in [6.45, 7) is 1.23. The van der Waals surface area contributed by atoms with E-state index in [1.165, 1.54) is 32.3 Å².